The Bertz CT molecular complexity index is 1870. The number of anilines is 3. The summed E-state index contributed by atoms with van der Waals surface area (Å²) in [4.78, 5) is 2.26. The van der Waals surface area contributed by atoms with Gasteiger partial charge in [-0.25, -0.2) is 0 Å². The smallest absolute Gasteiger partial charge is 0.248 e. The number of hydrogen-bond donors (Lipinski definition) is 0. The summed E-state index contributed by atoms with van der Waals surface area (Å²) < 4.78 is 5.99. The van der Waals surface area contributed by atoms with Crippen LogP contribution in [0.1, 0.15) is 48.6 Å². The molecule has 216 valence electrons. The molecule has 44 heavy (non-hydrogen) atoms. The lowest BCUT2D eigenvalue weighted by Crippen LogP contribution is -2.10. The maximum Gasteiger partial charge on any atom is 0.248 e. The van der Waals surface area contributed by atoms with Gasteiger partial charge in [0.15, 0.2) is 0 Å². The highest BCUT2D eigenvalue weighted by atomic mass is 16.4. The Kier molecular flexibility index (Phi) is 7.87. The molecule has 0 aliphatic carbocycles. The van der Waals surface area contributed by atoms with Crippen LogP contribution in [-0.2, 0) is 5.41 Å². The fourth-order valence-electron chi connectivity index (χ4n) is 4.94. The minimum atomic E-state index is 0.0945. The van der Waals surface area contributed by atoms with E-state index in [1.165, 1.54) is 16.7 Å². The molecule has 0 aliphatic heterocycles. The molecule has 0 radical (unpaired) electrons. The van der Waals surface area contributed by atoms with E-state index < -0.39 is 0 Å². The summed E-state index contributed by atoms with van der Waals surface area (Å²) in [6, 6.07) is 41.8. The first-order valence-electron chi connectivity index (χ1n) is 14.8. The molecule has 1 aromatic heterocycles. The quantitative estimate of drug-likeness (QED) is 0.192. The number of benzene rings is 5. The minimum absolute atomic E-state index is 0.0945. The van der Waals surface area contributed by atoms with E-state index >= 15 is 0 Å². The Labute approximate surface area is 260 Å². The minimum Gasteiger partial charge on any atom is -0.416 e. The first kappa shape index (κ1) is 28.7. The largest absolute Gasteiger partial charge is 0.416 e. The van der Waals surface area contributed by atoms with Gasteiger partial charge >= 0.3 is 0 Å². The van der Waals surface area contributed by atoms with Crippen molar-refractivity contribution >= 4 is 17.1 Å². The fourth-order valence-corrected chi connectivity index (χ4v) is 4.94. The van der Waals surface area contributed by atoms with E-state index in [4.69, 9.17) is 4.42 Å². The molecule has 0 spiro atoms. The SMILES string of the molecule is Cc1ccc(N(c2ccc(C)cc2)c2ccc(C#Cc3ccc(-c4nnc(-c5ccc(C(C)(C)C)cc5)o4)cc3)cc2)cc1. The number of rotatable bonds is 5. The highest BCUT2D eigenvalue weighted by molar-refractivity contribution is 5.77. The molecule has 0 aliphatic rings. The van der Waals surface area contributed by atoms with Gasteiger partial charge in [-0.15, -0.1) is 10.2 Å². The van der Waals surface area contributed by atoms with Gasteiger partial charge in [-0.05, 0) is 110 Å². The molecule has 4 nitrogen and oxygen atoms in total. The van der Waals surface area contributed by atoms with Gasteiger partial charge in [-0.3, -0.25) is 0 Å². The standard InChI is InChI=1S/C40H35N3O/c1-28-6-22-35(23-7-28)43(36-24-8-29(2)9-25-36)37-26-14-31(15-27-37)11-10-30-12-16-32(17-13-30)38-41-42-39(44-38)33-18-20-34(21-19-33)40(3,4)5/h6-9,12-27H,1-5H3. The second-order valence-corrected chi connectivity index (χ2v) is 12.1. The zero-order valence-corrected chi connectivity index (χ0v) is 25.8. The molecule has 0 saturated carbocycles. The molecule has 4 heteroatoms. The molecule has 0 fully saturated rings. The predicted octanol–water partition coefficient (Wildman–Crippen LogP) is 10.2. The lowest BCUT2D eigenvalue weighted by molar-refractivity contribution is 0.582. The monoisotopic (exact) mass is 573 g/mol. The summed E-state index contributed by atoms with van der Waals surface area (Å²) in [5, 5.41) is 8.55. The maximum atomic E-state index is 5.99. The number of aromatic nitrogens is 2. The average molecular weight is 574 g/mol. The third kappa shape index (κ3) is 6.48. The summed E-state index contributed by atoms with van der Waals surface area (Å²) >= 11 is 0. The Morgan fingerprint density at radius 1 is 0.500 bits per heavy atom. The highest BCUT2D eigenvalue weighted by Crippen LogP contribution is 2.35. The van der Waals surface area contributed by atoms with Crippen molar-refractivity contribution in [2.75, 3.05) is 4.90 Å². The van der Waals surface area contributed by atoms with E-state index in [1.807, 2.05) is 36.4 Å². The lowest BCUT2D eigenvalue weighted by Gasteiger charge is -2.25. The van der Waals surface area contributed by atoms with E-state index in [9.17, 15) is 0 Å². The van der Waals surface area contributed by atoms with Gasteiger partial charge in [-0.1, -0.05) is 80.1 Å². The fraction of sp³-hybridized carbons (Fsp3) is 0.150. The highest BCUT2D eigenvalue weighted by Gasteiger charge is 2.16. The summed E-state index contributed by atoms with van der Waals surface area (Å²) in [7, 11) is 0. The summed E-state index contributed by atoms with van der Waals surface area (Å²) in [6.45, 7) is 10.8. The Hall–Kier alpha value is -5.40. The van der Waals surface area contributed by atoms with Crippen LogP contribution in [-0.4, -0.2) is 10.2 Å². The molecule has 6 rings (SSSR count). The first-order chi connectivity index (χ1) is 21.2. The molecule has 0 atom stereocenters. The molecular weight excluding hydrogens is 538 g/mol. The first-order valence-corrected chi connectivity index (χ1v) is 14.8. The zero-order chi connectivity index (χ0) is 30.7. The molecular formula is C40H35N3O. The average Bonchev–Trinajstić information content (AvgIpc) is 3.53. The van der Waals surface area contributed by atoms with E-state index in [-0.39, 0.29) is 5.41 Å². The van der Waals surface area contributed by atoms with Crippen molar-refractivity contribution in [2.24, 2.45) is 0 Å². The van der Waals surface area contributed by atoms with Crippen LogP contribution in [0.5, 0.6) is 0 Å². The van der Waals surface area contributed by atoms with Crippen LogP contribution in [0, 0.1) is 25.7 Å². The molecule has 5 aromatic carbocycles. The summed E-state index contributed by atoms with van der Waals surface area (Å²) in [5.74, 6) is 7.58. The Balaban J connectivity index is 1.17. The molecule has 6 aromatic rings. The molecule has 0 saturated heterocycles. The van der Waals surface area contributed by atoms with Gasteiger partial charge in [-0.2, -0.15) is 0 Å². The third-order valence-corrected chi connectivity index (χ3v) is 7.62. The number of hydrogen-bond acceptors (Lipinski definition) is 4. The van der Waals surface area contributed by atoms with Crippen molar-refractivity contribution in [3.8, 4) is 34.7 Å². The number of aryl methyl sites for hydroxylation is 2. The Morgan fingerprint density at radius 3 is 1.27 bits per heavy atom. The van der Waals surface area contributed by atoms with Crippen LogP contribution in [0.25, 0.3) is 22.9 Å². The topological polar surface area (TPSA) is 42.2 Å². The van der Waals surface area contributed by atoms with Gasteiger partial charge < -0.3 is 9.32 Å². The Morgan fingerprint density at radius 2 is 0.864 bits per heavy atom. The molecule has 1 heterocycles. The second kappa shape index (κ2) is 12.1. The van der Waals surface area contributed by atoms with E-state index in [0.29, 0.717) is 11.8 Å². The number of nitrogens with zero attached hydrogens (tertiary/aromatic N) is 3. The van der Waals surface area contributed by atoms with Gasteiger partial charge in [0.2, 0.25) is 11.8 Å². The summed E-state index contributed by atoms with van der Waals surface area (Å²) in [5.41, 5.74) is 10.8. The van der Waals surface area contributed by atoms with Gasteiger partial charge in [0, 0.05) is 39.3 Å². The zero-order valence-electron chi connectivity index (χ0n) is 25.8. The van der Waals surface area contributed by atoms with Gasteiger partial charge in [0.1, 0.15) is 0 Å². The van der Waals surface area contributed by atoms with E-state index in [0.717, 1.165) is 39.3 Å². The van der Waals surface area contributed by atoms with Crippen LogP contribution < -0.4 is 4.90 Å². The van der Waals surface area contributed by atoms with Crippen molar-refractivity contribution in [2.45, 2.75) is 40.0 Å². The van der Waals surface area contributed by atoms with Crippen LogP contribution in [0.2, 0.25) is 0 Å². The van der Waals surface area contributed by atoms with Crippen LogP contribution in [0.4, 0.5) is 17.1 Å². The van der Waals surface area contributed by atoms with Crippen molar-refractivity contribution in [1.82, 2.24) is 10.2 Å². The normalized spacial score (nSPS) is 11.1. The lowest BCUT2D eigenvalue weighted by atomic mass is 9.87. The van der Waals surface area contributed by atoms with Crippen molar-refractivity contribution in [3.05, 3.63) is 149 Å². The molecule has 0 N–H and O–H groups in total. The van der Waals surface area contributed by atoms with Crippen molar-refractivity contribution < 1.29 is 4.42 Å². The predicted molar refractivity (Wildman–Crippen MR) is 180 cm³/mol. The molecule has 0 unspecified atom stereocenters. The maximum absolute atomic E-state index is 5.99. The van der Waals surface area contributed by atoms with Crippen LogP contribution in [0.3, 0.4) is 0 Å². The molecule has 0 bridgehead atoms. The van der Waals surface area contributed by atoms with Gasteiger partial charge in [0.05, 0.1) is 0 Å². The van der Waals surface area contributed by atoms with Gasteiger partial charge in [0.25, 0.3) is 0 Å². The van der Waals surface area contributed by atoms with E-state index in [2.05, 4.69) is 146 Å². The second-order valence-electron chi connectivity index (χ2n) is 12.1. The van der Waals surface area contributed by atoms with Crippen LogP contribution >= 0.6 is 0 Å². The third-order valence-electron chi connectivity index (χ3n) is 7.62. The summed E-state index contributed by atoms with van der Waals surface area (Å²) in [6.07, 6.45) is 0. The molecule has 0 amide bonds. The van der Waals surface area contributed by atoms with Crippen LogP contribution in [0.15, 0.2) is 126 Å². The van der Waals surface area contributed by atoms with Crippen molar-refractivity contribution in [1.29, 1.82) is 0 Å². The van der Waals surface area contributed by atoms with E-state index in [1.54, 1.807) is 0 Å². The van der Waals surface area contributed by atoms with Crippen molar-refractivity contribution in [3.63, 3.8) is 0 Å².